The first-order valence-corrected chi connectivity index (χ1v) is 5.08. The molecule has 0 aliphatic carbocycles. The third kappa shape index (κ3) is 3.29. The molecule has 0 aliphatic rings. The Labute approximate surface area is 99.6 Å². The number of nitrogens with zero attached hydrogens (tertiary/aromatic N) is 1. The van der Waals surface area contributed by atoms with Gasteiger partial charge in [0.05, 0.1) is 6.61 Å². The van der Waals surface area contributed by atoms with Gasteiger partial charge in [0, 0.05) is 14.2 Å². The van der Waals surface area contributed by atoms with Crippen molar-refractivity contribution in [2.45, 2.75) is 12.6 Å². The molecule has 1 amide bonds. The molecule has 1 atom stereocenters. The second-order valence-corrected chi connectivity index (χ2v) is 3.69. The molecule has 0 aliphatic heterocycles. The molecule has 1 aromatic carbocycles. The molecule has 0 bridgehead atoms. The maximum atomic E-state index is 11.1. The Morgan fingerprint density at radius 3 is 2.82 bits per heavy atom. The number of amides is 1. The van der Waals surface area contributed by atoms with E-state index in [1.807, 2.05) is 6.07 Å². The summed E-state index contributed by atoms with van der Waals surface area (Å²) in [5.74, 6) is -1.06. The second-order valence-electron chi connectivity index (χ2n) is 3.69. The number of ether oxygens (including phenoxy) is 1. The molecular formula is C12H15NO4. The largest absolute Gasteiger partial charge is 0.479 e. The smallest absolute Gasteiger partial charge is 0.331 e. The van der Waals surface area contributed by atoms with Gasteiger partial charge in [-0.1, -0.05) is 24.3 Å². The summed E-state index contributed by atoms with van der Waals surface area (Å²) < 4.78 is 4.98. The Morgan fingerprint density at radius 1 is 1.59 bits per heavy atom. The van der Waals surface area contributed by atoms with Crippen LogP contribution in [0.25, 0.3) is 0 Å². The molecule has 0 radical (unpaired) electrons. The first-order valence-electron chi connectivity index (χ1n) is 5.08. The maximum Gasteiger partial charge on any atom is 0.331 e. The number of methoxy groups -OCH3 is 1. The van der Waals surface area contributed by atoms with Crippen molar-refractivity contribution in [1.82, 2.24) is 4.90 Å². The Morgan fingerprint density at radius 2 is 2.29 bits per heavy atom. The number of carboxylic acid groups (broad SMARTS) is 1. The summed E-state index contributed by atoms with van der Waals surface area (Å²) in [5.41, 5.74) is 1.43. The van der Waals surface area contributed by atoms with E-state index in [4.69, 9.17) is 9.84 Å². The van der Waals surface area contributed by atoms with Crippen molar-refractivity contribution in [1.29, 1.82) is 0 Å². The van der Waals surface area contributed by atoms with Crippen molar-refractivity contribution in [3.63, 3.8) is 0 Å². The van der Waals surface area contributed by atoms with Crippen LogP contribution < -0.4 is 0 Å². The van der Waals surface area contributed by atoms with E-state index in [2.05, 4.69) is 0 Å². The molecule has 1 unspecified atom stereocenters. The number of hydrogen-bond donors (Lipinski definition) is 1. The van der Waals surface area contributed by atoms with Crippen molar-refractivity contribution >= 4 is 12.4 Å². The molecule has 0 spiro atoms. The van der Waals surface area contributed by atoms with Gasteiger partial charge in [-0.2, -0.15) is 0 Å². The van der Waals surface area contributed by atoms with E-state index in [9.17, 15) is 9.59 Å². The van der Waals surface area contributed by atoms with Crippen LogP contribution in [0.5, 0.6) is 0 Å². The lowest BCUT2D eigenvalue weighted by Gasteiger charge is -2.21. The lowest BCUT2D eigenvalue weighted by atomic mass is 10.0. The Kier molecular flexibility index (Phi) is 4.66. The fourth-order valence-corrected chi connectivity index (χ4v) is 1.63. The third-order valence-electron chi connectivity index (χ3n) is 2.39. The van der Waals surface area contributed by atoms with E-state index < -0.39 is 12.0 Å². The molecule has 17 heavy (non-hydrogen) atoms. The number of carbonyl (C=O) groups excluding carboxylic acids is 1. The molecule has 0 heterocycles. The summed E-state index contributed by atoms with van der Waals surface area (Å²) >= 11 is 0. The third-order valence-corrected chi connectivity index (χ3v) is 2.39. The van der Waals surface area contributed by atoms with Crippen molar-refractivity contribution in [2.24, 2.45) is 0 Å². The topological polar surface area (TPSA) is 66.8 Å². The summed E-state index contributed by atoms with van der Waals surface area (Å²) in [6.07, 6.45) is 0.502. The van der Waals surface area contributed by atoms with Crippen molar-refractivity contribution in [3.05, 3.63) is 35.4 Å². The van der Waals surface area contributed by atoms with Crippen molar-refractivity contribution < 1.29 is 19.4 Å². The molecule has 0 saturated carbocycles. The quantitative estimate of drug-likeness (QED) is 0.751. The van der Waals surface area contributed by atoms with Crippen LogP contribution in [0.4, 0.5) is 0 Å². The van der Waals surface area contributed by atoms with Crippen LogP contribution >= 0.6 is 0 Å². The Bertz CT molecular complexity index is 405. The monoisotopic (exact) mass is 237 g/mol. The van der Waals surface area contributed by atoms with E-state index in [0.717, 1.165) is 10.5 Å². The van der Waals surface area contributed by atoms with Gasteiger partial charge in [0.15, 0.2) is 6.04 Å². The minimum absolute atomic E-state index is 0.408. The molecule has 1 aromatic rings. The number of rotatable bonds is 6. The van der Waals surface area contributed by atoms with Gasteiger partial charge in [0.25, 0.3) is 0 Å². The predicted molar refractivity (Wildman–Crippen MR) is 61.4 cm³/mol. The zero-order valence-electron chi connectivity index (χ0n) is 9.79. The number of carbonyl (C=O) groups is 2. The second kappa shape index (κ2) is 6.00. The molecular weight excluding hydrogens is 222 g/mol. The summed E-state index contributed by atoms with van der Waals surface area (Å²) in [4.78, 5) is 22.9. The molecule has 0 fully saturated rings. The minimum Gasteiger partial charge on any atom is -0.479 e. The lowest BCUT2D eigenvalue weighted by Crippen LogP contribution is -2.29. The van der Waals surface area contributed by atoms with Crippen LogP contribution in [0.1, 0.15) is 17.2 Å². The van der Waals surface area contributed by atoms with Gasteiger partial charge in [0.1, 0.15) is 0 Å². The number of aliphatic carboxylic acids is 1. The number of benzene rings is 1. The summed E-state index contributed by atoms with van der Waals surface area (Å²) in [6.45, 7) is 0.408. The number of likely N-dealkylation sites (N-methyl/N-ethyl adjacent to an activating group) is 1. The van der Waals surface area contributed by atoms with Crippen LogP contribution in [0.15, 0.2) is 24.3 Å². The van der Waals surface area contributed by atoms with Gasteiger partial charge in [-0.15, -0.1) is 0 Å². The summed E-state index contributed by atoms with van der Waals surface area (Å²) in [5, 5.41) is 9.12. The fraction of sp³-hybridized carbons (Fsp3) is 0.333. The first kappa shape index (κ1) is 13.2. The average molecular weight is 237 g/mol. The fourth-order valence-electron chi connectivity index (χ4n) is 1.63. The van der Waals surface area contributed by atoms with E-state index >= 15 is 0 Å². The molecule has 0 saturated heterocycles. The lowest BCUT2D eigenvalue weighted by molar-refractivity contribution is -0.145. The van der Waals surface area contributed by atoms with Gasteiger partial charge in [0.2, 0.25) is 6.41 Å². The molecule has 5 nitrogen and oxygen atoms in total. The van der Waals surface area contributed by atoms with Crippen molar-refractivity contribution in [2.75, 3.05) is 14.2 Å². The number of hydrogen-bond acceptors (Lipinski definition) is 3. The van der Waals surface area contributed by atoms with E-state index in [-0.39, 0.29) is 0 Å². The zero-order chi connectivity index (χ0) is 12.8. The first-order chi connectivity index (χ1) is 8.10. The highest BCUT2D eigenvalue weighted by Crippen LogP contribution is 2.20. The predicted octanol–water partition coefficient (Wildman–Crippen LogP) is 1.05. The van der Waals surface area contributed by atoms with Crippen molar-refractivity contribution in [3.8, 4) is 0 Å². The summed E-state index contributed by atoms with van der Waals surface area (Å²) in [7, 11) is 3.01. The molecule has 92 valence electrons. The van der Waals surface area contributed by atoms with E-state index in [1.54, 1.807) is 25.3 Å². The van der Waals surface area contributed by atoms with Gasteiger partial charge >= 0.3 is 5.97 Å². The molecule has 1 N–H and O–H groups in total. The molecule has 5 heteroatoms. The average Bonchev–Trinajstić information content (AvgIpc) is 2.29. The van der Waals surface area contributed by atoms with E-state index in [1.165, 1.54) is 7.05 Å². The molecule has 0 aromatic heterocycles. The molecule has 1 rings (SSSR count). The van der Waals surface area contributed by atoms with Crippen LogP contribution in [0.3, 0.4) is 0 Å². The van der Waals surface area contributed by atoms with Crippen LogP contribution in [-0.4, -0.2) is 36.5 Å². The number of carboxylic acids is 1. The van der Waals surface area contributed by atoms with Crippen LogP contribution in [-0.2, 0) is 20.9 Å². The Balaban J connectivity index is 3.05. The van der Waals surface area contributed by atoms with Gasteiger partial charge in [-0.3, -0.25) is 4.79 Å². The minimum atomic E-state index is -1.06. The summed E-state index contributed by atoms with van der Waals surface area (Å²) in [6, 6.07) is 6.02. The van der Waals surface area contributed by atoms with E-state index in [0.29, 0.717) is 18.6 Å². The standard InChI is InChI=1S/C12H15NO4/c1-13(8-14)11(12(15)16)10-5-3-4-9(6-10)7-17-2/h3-6,8,11H,7H2,1-2H3,(H,15,16). The van der Waals surface area contributed by atoms with Gasteiger partial charge < -0.3 is 14.7 Å². The van der Waals surface area contributed by atoms with Crippen LogP contribution in [0, 0.1) is 0 Å². The van der Waals surface area contributed by atoms with Gasteiger partial charge in [-0.25, -0.2) is 4.79 Å². The zero-order valence-corrected chi connectivity index (χ0v) is 9.79. The highest BCUT2D eigenvalue weighted by molar-refractivity contribution is 5.78. The highest BCUT2D eigenvalue weighted by atomic mass is 16.5. The van der Waals surface area contributed by atoms with Crippen LogP contribution in [0.2, 0.25) is 0 Å². The van der Waals surface area contributed by atoms with Gasteiger partial charge in [-0.05, 0) is 11.1 Å². The SMILES string of the molecule is COCc1cccc(C(C(=O)O)N(C)C=O)c1. The normalized spacial score (nSPS) is 11.9. The Hall–Kier alpha value is -1.88. The highest BCUT2D eigenvalue weighted by Gasteiger charge is 2.23. The maximum absolute atomic E-state index is 11.1.